The number of allylic oxidation sites excluding steroid dienone is 2. The topological polar surface area (TPSA) is 26.3 Å². The van der Waals surface area contributed by atoms with Gasteiger partial charge >= 0.3 is 0 Å². The number of ketones is 1. The van der Waals surface area contributed by atoms with Gasteiger partial charge in [-0.3, -0.25) is 4.79 Å². The molecule has 1 unspecified atom stereocenters. The Morgan fingerprint density at radius 2 is 1.40 bits per heavy atom. The van der Waals surface area contributed by atoms with Crippen molar-refractivity contribution in [3.05, 3.63) is 113 Å². The number of carbonyl (C=O) groups is 1. The Labute approximate surface area is 147 Å². The molecule has 122 valence electrons. The summed E-state index contributed by atoms with van der Waals surface area (Å²) in [5.74, 6) is 1.38. The molecule has 0 amide bonds. The summed E-state index contributed by atoms with van der Waals surface area (Å²) in [5.41, 5.74) is 3.51. The monoisotopic (exact) mass is 326 g/mol. The molecule has 0 bridgehead atoms. The summed E-state index contributed by atoms with van der Waals surface area (Å²) in [6.07, 6.45) is 0. The van der Waals surface area contributed by atoms with Crippen LogP contribution in [0.25, 0.3) is 0 Å². The molecule has 3 aromatic rings. The molecule has 0 N–H and O–H groups in total. The summed E-state index contributed by atoms with van der Waals surface area (Å²) in [6, 6.07) is 27.5. The molecule has 1 atom stereocenters. The van der Waals surface area contributed by atoms with Gasteiger partial charge in [-0.15, -0.1) is 0 Å². The van der Waals surface area contributed by atoms with Crippen LogP contribution in [0, 0.1) is 0 Å². The number of rotatable bonds is 3. The van der Waals surface area contributed by atoms with E-state index in [1.165, 1.54) is 0 Å². The lowest BCUT2D eigenvalue weighted by Gasteiger charge is -2.29. The highest BCUT2D eigenvalue weighted by Crippen LogP contribution is 2.43. The predicted octanol–water partition coefficient (Wildman–Crippen LogP) is 5.37. The summed E-state index contributed by atoms with van der Waals surface area (Å²) in [7, 11) is 0. The quantitative estimate of drug-likeness (QED) is 0.605. The van der Waals surface area contributed by atoms with E-state index in [2.05, 4.69) is 12.1 Å². The van der Waals surface area contributed by atoms with Gasteiger partial charge in [0.25, 0.3) is 0 Å². The number of hydrogen-bond donors (Lipinski definition) is 0. The first-order valence-electron chi connectivity index (χ1n) is 8.38. The van der Waals surface area contributed by atoms with E-state index in [1.54, 1.807) is 0 Å². The van der Waals surface area contributed by atoms with E-state index in [1.807, 2.05) is 79.7 Å². The molecule has 0 aliphatic carbocycles. The van der Waals surface area contributed by atoms with E-state index in [0.29, 0.717) is 16.9 Å². The van der Waals surface area contributed by atoms with E-state index in [-0.39, 0.29) is 11.7 Å². The highest BCUT2D eigenvalue weighted by Gasteiger charge is 2.33. The Bertz CT molecular complexity index is 940. The number of para-hydroxylation sites is 1. The molecule has 0 fully saturated rings. The van der Waals surface area contributed by atoms with Gasteiger partial charge in [0, 0.05) is 17.0 Å². The summed E-state index contributed by atoms with van der Waals surface area (Å²) in [6.45, 7) is 1.88. The van der Waals surface area contributed by atoms with Gasteiger partial charge < -0.3 is 4.74 Å². The third-order valence-corrected chi connectivity index (χ3v) is 4.57. The van der Waals surface area contributed by atoms with Crippen molar-refractivity contribution in [2.45, 2.75) is 12.8 Å². The van der Waals surface area contributed by atoms with Crippen molar-refractivity contribution in [3.63, 3.8) is 0 Å². The van der Waals surface area contributed by atoms with Gasteiger partial charge in [-0.2, -0.15) is 0 Å². The number of Topliss-reactive ketones (excluding diaryl/α,β-unsaturated/α-hetero) is 1. The molecule has 0 saturated heterocycles. The number of carbonyl (C=O) groups excluding carboxylic acids is 1. The van der Waals surface area contributed by atoms with Crippen molar-refractivity contribution in [1.82, 2.24) is 0 Å². The van der Waals surface area contributed by atoms with Crippen LogP contribution in [0.3, 0.4) is 0 Å². The Morgan fingerprint density at radius 1 is 0.800 bits per heavy atom. The number of fused-ring (bicyclic) bond motifs is 1. The minimum atomic E-state index is -0.126. The summed E-state index contributed by atoms with van der Waals surface area (Å²) in [4.78, 5) is 13.3. The molecule has 2 heteroatoms. The molecule has 1 heterocycles. The molecule has 0 radical (unpaired) electrons. The SMILES string of the molecule is CC1=C(C(=O)c2ccccc2)C(c2ccccc2)c2ccccc2O1. The van der Waals surface area contributed by atoms with E-state index in [4.69, 9.17) is 4.74 Å². The van der Waals surface area contributed by atoms with Crippen LogP contribution in [-0.4, -0.2) is 5.78 Å². The molecule has 0 aromatic heterocycles. The van der Waals surface area contributed by atoms with Crippen LogP contribution in [0.2, 0.25) is 0 Å². The van der Waals surface area contributed by atoms with E-state index in [9.17, 15) is 4.79 Å². The van der Waals surface area contributed by atoms with Crippen LogP contribution in [0.4, 0.5) is 0 Å². The molecule has 0 saturated carbocycles. The maximum absolute atomic E-state index is 13.3. The summed E-state index contributed by atoms with van der Waals surface area (Å²) >= 11 is 0. The average molecular weight is 326 g/mol. The highest BCUT2D eigenvalue weighted by atomic mass is 16.5. The Morgan fingerprint density at radius 3 is 2.12 bits per heavy atom. The molecule has 0 spiro atoms. The predicted molar refractivity (Wildman–Crippen MR) is 98.8 cm³/mol. The van der Waals surface area contributed by atoms with Gasteiger partial charge in [-0.05, 0) is 18.6 Å². The second kappa shape index (κ2) is 6.40. The van der Waals surface area contributed by atoms with Gasteiger partial charge in [0.2, 0.25) is 0 Å². The zero-order chi connectivity index (χ0) is 17.2. The molecule has 2 nitrogen and oxygen atoms in total. The summed E-state index contributed by atoms with van der Waals surface area (Å²) in [5, 5.41) is 0. The van der Waals surface area contributed by atoms with Gasteiger partial charge in [0.15, 0.2) is 5.78 Å². The fourth-order valence-corrected chi connectivity index (χ4v) is 3.42. The molecule has 4 rings (SSSR count). The Hall–Kier alpha value is -3.13. The zero-order valence-electron chi connectivity index (χ0n) is 14.0. The van der Waals surface area contributed by atoms with E-state index in [0.717, 1.165) is 16.9 Å². The molecule has 1 aliphatic rings. The largest absolute Gasteiger partial charge is 0.461 e. The van der Waals surface area contributed by atoms with Crippen LogP contribution in [-0.2, 0) is 0 Å². The second-order valence-electron chi connectivity index (χ2n) is 6.15. The standard InChI is InChI=1S/C23H18O2/c1-16-21(23(24)18-12-6-3-7-13-18)22(17-10-4-2-5-11-17)19-14-8-9-15-20(19)25-16/h2-15,22H,1H3. The van der Waals surface area contributed by atoms with Crippen molar-refractivity contribution < 1.29 is 9.53 Å². The van der Waals surface area contributed by atoms with Gasteiger partial charge in [0.1, 0.15) is 11.5 Å². The first-order valence-corrected chi connectivity index (χ1v) is 8.38. The second-order valence-corrected chi connectivity index (χ2v) is 6.15. The molecule has 25 heavy (non-hydrogen) atoms. The van der Waals surface area contributed by atoms with E-state index >= 15 is 0 Å². The van der Waals surface area contributed by atoms with Crippen molar-refractivity contribution in [2.24, 2.45) is 0 Å². The number of ether oxygens (including phenoxy) is 1. The van der Waals surface area contributed by atoms with Crippen LogP contribution in [0.15, 0.2) is 96.3 Å². The Balaban J connectivity index is 1.90. The lowest BCUT2D eigenvalue weighted by Crippen LogP contribution is -2.21. The van der Waals surface area contributed by atoms with E-state index < -0.39 is 0 Å². The van der Waals surface area contributed by atoms with Crippen LogP contribution < -0.4 is 4.74 Å². The average Bonchev–Trinajstić information content (AvgIpc) is 2.68. The minimum absolute atomic E-state index is 0.0152. The smallest absolute Gasteiger partial charge is 0.193 e. The van der Waals surface area contributed by atoms with Gasteiger partial charge in [-0.25, -0.2) is 0 Å². The number of hydrogen-bond acceptors (Lipinski definition) is 2. The minimum Gasteiger partial charge on any atom is -0.461 e. The molecular formula is C23H18O2. The van der Waals surface area contributed by atoms with Crippen molar-refractivity contribution in [3.8, 4) is 5.75 Å². The molecule has 3 aromatic carbocycles. The van der Waals surface area contributed by atoms with Crippen molar-refractivity contribution in [1.29, 1.82) is 0 Å². The maximum Gasteiger partial charge on any atom is 0.193 e. The first-order chi connectivity index (χ1) is 12.3. The van der Waals surface area contributed by atoms with Crippen LogP contribution in [0.5, 0.6) is 5.75 Å². The highest BCUT2D eigenvalue weighted by molar-refractivity contribution is 6.10. The van der Waals surface area contributed by atoms with Gasteiger partial charge in [0.05, 0.1) is 5.57 Å². The van der Waals surface area contributed by atoms with Gasteiger partial charge in [-0.1, -0.05) is 78.9 Å². The summed E-state index contributed by atoms with van der Waals surface area (Å²) < 4.78 is 6.00. The molecular weight excluding hydrogens is 308 g/mol. The third kappa shape index (κ3) is 2.76. The maximum atomic E-state index is 13.3. The van der Waals surface area contributed by atoms with Crippen molar-refractivity contribution in [2.75, 3.05) is 0 Å². The third-order valence-electron chi connectivity index (χ3n) is 4.57. The van der Waals surface area contributed by atoms with Crippen molar-refractivity contribution >= 4 is 5.78 Å². The lowest BCUT2D eigenvalue weighted by molar-refractivity contribution is 0.102. The first kappa shape index (κ1) is 15.4. The normalized spacial score (nSPS) is 16.1. The Kier molecular flexibility index (Phi) is 3.95. The lowest BCUT2D eigenvalue weighted by atomic mass is 9.79. The molecule has 1 aliphatic heterocycles. The zero-order valence-corrected chi connectivity index (χ0v) is 14.0. The number of benzene rings is 3. The van der Waals surface area contributed by atoms with Crippen LogP contribution >= 0.6 is 0 Å². The fourth-order valence-electron chi connectivity index (χ4n) is 3.42. The fraction of sp³-hybridized carbons (Fsp3) is 0.0870. The van der Waals surface area contributed by atoms with Crippen LogP contribution in [0.1, 0.15) is 34.3 Å².